The van der Waals surface area contributed by atoms with E-state index in [9.17, 15) is 9.59 Å². The van der Waals surface area contributed by atoms with E-state index in [-0.39, 0.29) is 11.5 Å². The second kappa shape index (κ2) is 13.9. The van der Waals surface area contributed by atoms with Crippen LogP contribution in [0.4, 0.5) is 0 Å². The maximum absolute atomic E-state index is 14.0. The van der Waals surface area contributed by atoms with Gasteiger partial charge in [0.15, 0.2) is 0 Å². The third kappa shape index (κ3) is 7.15. The number of hydrogen-bond acceptors (Lipinski definition) is 4. The average molecular weight is 610 g/mol. The molecule has 6 nitrogen and oxygen atoms in total. The Bertz CT molecular complexity index is 1460. The fourth-order valence-corrected chi connectivity index (χ4v) is 5.29. The third-order valence-corrected chi connectivity index (χ3v) is 7.66. The molecule has 39 heavy (non-hydrogen) atoms. The molecular formula is C31H34BrClN4O2. The lowest BCUT2D eigenvalue weighted by atomic mass is 10.1. The Morgan fingerprint density at radius 2 is 1.74 bits per heavy atom. The van der Waals surface area contributed by atoms with E-state index in [2.05, 4.69) is 15.9 Å². The lowest BCUT2D eigenvalue weighted by Gasteiger charge is -2.32. The molecule has 0 aliphatic carbocycles. The van der Waals surface area contributed by atoms with Crippen LogP contribution in [0.5, 0.6) is 0 Å². The Morgan fingerprint density at radius 1 is 1.03 bits per heavy atom. The standard InChI is InChI=1S/C31H34BrClN4O2/c1-2-28(36(19-9-4-3-8-18-34)30(38)23-12-14-24(32)15-13-23)29-35-27-20-25(33)16-17-26(27)31(39)37(29)21-22-10-6-5-7-11-22/h5-7,10-17,20,28H,2-4,8-9,18-19,21,34H2,1H3. The van der Waals surface area contributed by atoms with Gasteiger partial charge in [-0.3, -0.25) is 14.2 Å². The zero-order valence-electron chi connectivity index (χ0n) is 22.2. The highest BCUT2D eigenvalue weighted by Gasteiger charge is 2.29. The molecule has 0 aliphatic heterocycles. The fraction of sp³-hybridized carbons (Fsp3) is 0.323. The second-order valence-corrected chi connectivity index (χ2v) is 11.0. The van der Waals surface area contributed by atoms with Crippen molar-refractivity contribution in [3.05, 3.63) is 110 Å². The van der Waals surface area contributed by atoms with Crippen molar-refractivity contribution in [2.24, 2.45) is 5.73 Å². The first-order valence-corrected chi connectivity index (χ1v) is 14.6. The summed E-state index contributed by atoms with van der Waals surface area (Å²) in [6, 6.07) is 22.0. The molecule has 0 fully saturated rings. The first-order chi connectivity index (χ1) is 18.9. The van der Waals surface area contributed by atoms with Crippen LogP contribution in [0, 0.1) is 0 Å². The molecular weight excluding hydrogens is 576 g/mol. The van der Waals surface area contributed by atoms with Crippen molar-refractivity contribution in [2.75, 3.05) is 13.1 Å². The highest BCUT2D eigenvalue weighted by molar-refractivity contribution is 9.10. The number of unbranched alkanes of at least 4 members (excludes halogenated alkanes) is 3. The minimum absolute atomic E-state index is 0.0834. The number of halogens is 2. The Balaban J connectivity index is 1.82. The van der Waals surface area contributed by atoms with Crippen molar-refractivity contribution in [1.29, 1.82) is 0 Å². The summed E-state index contributed by atoms with van der Waals surface area (Å²) in [7, 11) is 0. The molecule has 3 aromatic carbocycles. The molecule has 0 aliphatic rings. The molecule has 4 rings (SSSR count). The average Bonchev–Trinajstić information content (AvgIpc) is 2.94. The third-order valence-electron chi connectivity index (χ3n) is 6.90. The Morgan fingerprint density at radius 3 is 2.44 bits per heavy atom. The molecule has 204 valence electrons. The minimum atomic E-state index is -0.407. The lowest BCUT2D eigenvalue weighted by molar-refractivity contribution is 0.0652. The van der Waals surface area contributed by atoms with Crippen LogP contribution in [-0.2, 0) is 6.54 Å². The number of amides is 1. The van der Waals surface area contributed by atoms with Crippen LogP contribution in [-0.4, -0.2) is 33.4 Å². The maximum Gasteiger partial charge on any atom is 0.261 e. The van der Waals surface area contributed by atoms with Crippen LogP contribution >= 0.6 is 27.5 Å². The molecule has 8 heteroatoms. The summed E-state index contributed by atoms with van der Waals surface area (Å²) < 4.78 is 2.62. The van der Waals surface area contributed by atoms with Crippen LogP contribution in [0.15, 0.2) is 82.1 Å². The van der Waals surface area contributed by atoms with E-state index >= 15 is 0 Å². The molecule has 0 spiro atoms. The van der Waals surface area contributed by atoms with Gasteiger partial charge in [-0.2, -0.15) is 0 Å². The first-order valence-electron chi connectivity index (χ1n) is 13.4. The zero-order valence-corrected chi connectivity index (χ0v) is 24.5. The highest BCUT2D eigenvalue weighted by Crippen LogP contribution is 2.28. The van der Waals surface area contributed by atoms with Crippen molar-refractivity contribution in [3.63, 3.8) is 0 Å². The Labute approximate surface area is 242 Å². The van der Waals surface area contributed by atoms with Gasteiger partial charge in [0.25, 0.3) is 11.5 Å². The fourth-order valence-electron chi connectivity index (χ4n) is 4.86. The number of fused-ring (bicyclic) bond motifs is 1. The molecule has 2 N–H and O–H groups in total. The number of hydrogen-bond donors (Lipinski definition) is 1. The van der Waals surface area contributed by atoms with Crippen LogP contribution in [0.25, 0.3) is 10.9 Å². The minimum Gasteiger partial charge on any atom is -0.330 e. The number of rotatable bonds is 12. The van der Waals surface area contributed by atoms with Gasteiger partial charge in [0.2, 0.25) is 0 Å². The lowest BCUT2D eigenvalue weighted by Crippen LogP contribution is -2.39. The monoisotopic (exact) mass is 608 g/mol. The van der Waals surface area contributed by atoms with E-state index in [1.807, 2.05) is 66.4 Å². The van der Waals surface area contributed by atoms with Gasteiger partial charge in [-0.1, -0.05) is 77.6 Å². The van der Waals surface area contributed by atoms with Gasteiger partial charge < -0.3 is 10.6 Å². The van der Waals surface area contributed by atoms with E-state index in [0.29, 0.717) is 53.4 Å². The van der Waals surface area contributed by atoms with Gasteiger partial charge in [-0.25, -0.2) is 4.98 Å². The summed E-state index contributed by atoms with van der Waals surface area (Å²) in [6.07, 6.45) is 4.37. The molecule has 1 atom stereocenters. The molecule has 4 aromatic rings. The summed E-state index contributed by atoms with van der Waals surface area (Å²) in [4.78, 5) is 34.7. The van der Waals surface area contributed by atoms with Gasteiger partial charge in [-0.05, 0) is 73.8 Å². The number of benzene rings is 3. The molecule has 0 saturated heterocycles. The van der Waals surface area contributed by atoms with Crippen molar-refractivity contribution < 1.29 is 4.79 Å². The number of nitrogens with two attached hydrogens (primary N) is 1. The number of nitrogens with zero attached hydrogens (tertiary/aromatic N) is 3. The first kappa shape index (κ1) is 29.0. The van der Waals surface area contributed by atoms with Crippen molar-refractivity contribution in [2.45, 2.75) is 51.6 Å². The molecule has 1 amide bonds. The molecule has 1 unspecified atom stereocenters. The number of carbonyl (C=O) groups excluding carboxylic acids is 1. The zero-order chi connectivity index (χ0) is 27.8. The summed E-state index contributed by atoms with van der Waals surface area (Å²) >= 11 is 9.76. The molecule has 1 heterocycles. The summed E-state index contributed by atoms with van der Waals surface area (Å²) in [6.45, 7) is 3.59. The number of carbonyl (C=O) groups is 1. The summed E-state index contributed by atoms with van der Waals surface area (Å²) in [5, 5.41) is 1.01. The van der Waals surface area contributed by atoms with Crippen molar-refractivity contribution in [1.82, 2.24) is 14.5 Å². The normalized spacial score (nSPS) is 12.0. The van der Waals surface area contributed by atoms with Crippen molar-refractivity contribution in [3.8, 4) is 0 Å². The smallest absolute Gasteiger partial charge is 0.261 e. The molecule has 0 saturated carbocycles. The van der Waals surface area contributed by atoms with Gasteiger partial charge in [-0.15, -0.1) is 0 Å². The van der Waals surface area contributed by atoms with Crippen LogP contribution in [0.3, 0.4) is 0 Å². The Kier molecular flexibility index (Phi) is 10.3. The summed E-state index contributed by atoms with van der Waals surface area (Å²) in [5.74, 6) is 0.480. The topological polar surface area (TPSA) is 81.2 Å². The number of aromatic nitrogens is 2. The van der Waals surface area contributed by atoms with Crippen LogP contribution in [0.1, 0.15) is 66.8 Å². The predicted octanol–water partition coefficient (Wildman–Crippen LogP) is 6.97. The quantitative estimate of drug-likeness (QED) is 0.176. The molecule has 1 aromatic heterocycles. The second-order valence-electron chi connectivity index (χ2n) is 9.64. The van der Waals surface area contributed by atoms with Gasteiger partial charge >= 0.3 is 0 Å². The van der Waals surface area contributed by atoms with E-state index in [1.54, 1.807) is 22.8 Å². The Hall–Kier alpha value is -3.00. The van der Waals surface area contributed by atoms with E-state index < -0.39 is 6.04 Å². The predicted molar refractivity (Wildman–Crippen MR) is 162 cm³/mol. The maximum atomic E-state index is 14.0. The van der Waals surface area contributed by atoms with E-state index in [1.165, 1.54) is 0 Å². The molecule has 0 radical (unpaired) electrons. The van der Waals surface area contributed by atoms with Gasteiger partial charge in [0.05, 0.1) is 23.5 Å². The van der Waals surface area contributed by atoms with Crippen molar-refractivity contribution >= 4 is 44.3 Å². The summed E-state index contributed by atoms with van der Waals surface area (Å²) in [5.41, 5.74) is 7.65. The van der Waals surface area contributed by atoms with E-state index in [4.69, 9.17) is 22.3 Å². The van der Waals surface area contributed by atoms with E-state index in [0.717, 1.165) is 35.7 Å². The van der Waals surface area contributed by atoms with Gasteiger partial charge in [0.1, 0.15) is 5.82 Å². The van der Waals surface area contributed by atoms with Gasteiger partial charge in [0, 0.05) is 21.6 Å². The van der Waals surface area contributed by atoms with Crippen LogP contribution in [0.2, 0.25) is 5.02 Å². The van der Waals surface area contributed by atoms with Crippen LogP contribution < -0.4 is 11.3 Å². The highest BCUT2D eigenvalue weighted by atomic mass is 79.9. The SMILES string of the molecule is CCC(c1nc2cc(Cl)ccc2c(=O)n1Cc1ccccc1)N(CCCCCCN)C(=O)c1ccc(Br)cc1. The largest absolute Gasteiger partial charge is 0.330 e. The molecule has 0 bridgehead atoms.